The SMILES string of the molecule is CC(C)(C)C1C=C(CCc2ccc(NS(C)(=O)=O)cc2)C(O)=C(c2ccc[nH]c2=O)N1. The van der Waals surface area contributed by atoms with Gasteiger partial charge in [0.15, 0.2) is 0 Å². The number of sulfonamides is 1. The third kappa shape index (κ3) is 5.79. The molecule has 1 aliphatic rings. The number of rotatable bonds is 6. The second kappa shape index (κ2) is 8.63. The van der Waals surface area contributed by atoms with E-state index in [4.69, 9.17) is 0 Å². The summed E-state index contributed by atoms with van der Waals surface area (Å²) in [5, 5.41) is 14.3. The Kier molecular flexibility index (Phi) is 6.31. The lowest BCUT2D eigenvalue weighted by molar-refractivity contribution is 0.324. The quantitative estimate of drug-likeness (QED) is 0.546. The Morgan fingerprint density at radius 2 is 1.77 bits per heavy atom. The lowest BCUT2D eigenvalue weighted by Gasteiger charge is -2.35. The van der Waals surface area contributed by atoms with E-state index >= 15 is 0 Å². The number of aromatic amines is 1. The average molecular weight is 444 g/mol. The van der Waals surface area contributed by atoms with Crippen LogP contribution >= 0.6 is 0 Å². The van der Waals surface area contributed by atoms with Crippen molar-refractivity contribution in [2.75, 3.05) is 11.0 Å². The van der Waals surface area contributed by atoms with E-state index in [1.54, 1.807) is 30.5 Å². The van der Waals surface area contributed by atoms with Gasteiger partial charge in [-0.3, -0.25) is 9.52 Å². The highest BCUT2D eigenvalue weighted by Crippen LogP contribution is 2.32. The van der Waals surface area contributed by atoms with Gasteiger partial charge in [0.2, 0.25) is 10.0 Å². The van der Waals surface area contributed by atoms with Crippen LogP contribution in [-0.2, 0) is 16.4 Å². The Morgan fingerprint density at radius 1 is 1.10 bits per heavy atom. The molecule has 3 rings (SSSR count). The van der Waals surface area contributed by atoms with Crippen molar-refractivity contribution in [3.63, 3.8) is 0 Å². The number of pyridine rings is 1. The third-order valence-electron chi connectivity index (χ3n) is 5.17. The molecule has 1 aromatic heterocycles. The van der Waals surface area contributed by atoms with Crippen LogP contribution in [0.3, 0.4) is 0 Å². The molecule has 7 nitrogen and oxygen atoms in total. The first-order valence-electron chi connectivity index (χ1n) is 10.1. The van der Waals surface area contributed by atoms with Crippen molar-refractivity contribution in [2.45, 2.75) is 39.7 Å². The fourth-order valence-electron chi connectivity index (χ4n) is 3.43. The van der Waals surface area contributed by atoms with Gasteiger partial charge in [-0.15, -0.1) is 0 Å². The number of aliphatic hydroxyl groups excluding tert-OH is 1. The number of aliphatic hydroxyl groups is 1. The van der Waals surface area contributed by atoms with Crippen LogP contribution in [0.4, 0.5) is 5.69 Å². The van der Waals surface area contributed by atoms with Gasteiger partial charge >= 0.3 is 0 Å². The van der Waals surface area contributed by atoms with Gasteiger partial charge in [-0.05, 0) is 53.7 Å². The average Bonchev–Trinajstić information content (AvgIpc) is 2.67. The van der Waals surface area contributed by atoms with E-state index in [0.717, 1.165) is 17.4 Å². The van der Waals surface area contributed by atoms with Crippen LogP contribution in [0.15, 0.2) is 64.8 Å². The number of aromatic nitrogens is 1. The van der Waals surface area contributed by atoms with E-state index < -0.39 is 10.0 Å². The lowest BCUT2D eigenvalue weighted by Crippen LogP contribution is -2.41. The molecule has 0 amide bonds. The second-order valence-corrected chi connectivity index (χ2v) is 10.6. The highest BCUT2D eigenvalue weighted by molar-refractivity contribution is 7.92. The molecule has 0 fully saturated rings. The van der Waals surface area contributed by atoms with Crippen molar-refractivity contribution in [3.8, 4) is 0 Å². The van der Waals surface area contributed by atoms with Crippen LogP contribution in [0.25, 0.3) is 5.70 Å². The summed E-state index contributed by atoms with van der Waals surface area (Å²) >= 11 is 0. The molecule has 31 heavy (non-hydrogen) atoms. The van der Waals surface area contributed by atoms with Crippen molar-refractivity contribution in [1.29, 1.82) is 0 Å². The van der Waals surface area contributed by atoms with Crippen molar-refractivity contribution in [2.24, 2.45) is 5.41 Å². The first kappa shape index (κ1) is 22.7. The maximum atomic E-state index is 12.3. The monoisotopic (exact) mass is 443 g/mol. The highest BCUT2D eigenvalue weighted by atomic mass is 32.2. The first-order valence-corrected chi connectivity index (χ1v) is 12.0. The van der Waals surface area contributed by atoms with E-state index in [1.807, 2.05) is 18.2 Å². The maximum Gasteiger partial charge on any atom is 0.257 e. The number of H-pyrrole nitrogens is 1. The van der Waals surface area contributed by atoms with E-state index in [2.05, 4.69) is 35.8 Å². The topological polar surface area (TPSA) is 111 Å². The van der Waals surface area contributed by atoms with Crippen molar-refractivity contribution in [3.05, 3.63) is 81.5 Å². The van der Waals surface area contributed by atoms with E-state index in [0.29, 0.717) is 29.8 Å². The Labute approximate surface area is 183 Å². The Bertz CT molecular complexity index is 1170. The number of benzene rings is 1. The predicted molar refractivity (Wildman–Crippen MR) is 124 cm³/mol. The minimum Gasteiger partial charge on any atom is -0.505 e. The van der Waals surface area contributed by atoms with Crippen LogP contribution < -0.4 is 15.6 Å². The van der Waals surface area contributed by atoms with Gasteiger partial charge in [0.05, 0.1) is 23.6 Å². The molecular formula is C23H29N3O4S. The number of allylic oxidation sites excluding steroid dienone is 1. The molecule has 2 aromatic rings. The van der Waals surface area contributed by atoms with Crippen LogP contribution in [0, 0.1) is 5.41 Å². The number of hydrogen-bond acceptors (Lipinski definition) is 5. The zero-order valence-corrected chi connectivity index (χ0v) is 19.0. The molecule has 0 radical (unpaired) electrons. The minimum absolute atomic E-state index is 0.0608. The Hall–Kier alpha value is -3.00. The molecule has 1 aliphatic heterocycles. The van der Waals surface area contributed by atoms with E-state index in [1.165, 1.54) is 0 Å². The lowest BCUT2D eigenvalue weighted by atomic mass is 9.82. The van der Waals surface area contributed by atoms with Gasteiger partial charge in [0.25, 0.3) is 5.56 Å². The molecule has 1 atom stereocenters. The van der Waals surface area contributed by atoms with Gasteiger partial charge < -0.3 is 15.4 Å². The summed E-state index contributed by atoms with van der Waals surface area (Å²) in [6.07, 6.45) is 5.93. The molecule has 0 saturated heterocycles. The summed E-state index contributed by atoms with van der Waals surface area (Å²) in [4.78, 5) is 15.0. The van der Waals surface area contributed by atoms with Gasteiger partial charge in [-0.1, -0.05) is 39.0 Å². The molecule has 8 heteroatoms. The predicted octanol–water partition coefficient (Wildman–Crippen LogP) is 3.55. The largest absolute Gasteiger partial charge is 0.505 e. The summed E-state index contributed by atoms with van der Waals surface area (Å²) in [7, 11) is -3.32. The molecule has 1 aromatic carbocycles. The third-order valence-corrected chi connectivity index (χ3v) is 5.78. The number of hydrogen-bond donors (Lipinski definition) is 4. The van der Waals surface area contributed by atoms with Gasteiger partial charge in [-0.25, -0.2) is 8.42 Å². The maximum absolute atomic E-state index is 12.3. The summed E-state index contributed by atoms with van der Waals surface area (Å²) < 4.78 is 25.2. The number of anilines is 1. The molecule has 4 N–H and O–H groups in total. The first-order chi connectivity index (χ1) is 14.4. The zero-order valence-electron chi connectivity index (χ0n) is 18.2. The molecule has 166 valence electrons. The second-order valence-electron chi connectivity index (χ2n) is 8.89. The van der Waals surface area contributed by atoms with Crippen molar-refractivity contribution < 1.29 is 13.5 Å². The van der Waals surface area contributed by atoms with Gasteiger partial charge in [0.1, 0.15) is 5.76 Å². The number of aryl methyl sites for hydroxylation is 1. The molecule has 0 spiro atoms. The van der Waals surface area contributed by atoms with Crippen LogP contribution in [0.5, 0.6) is 0 Å². The summed E-state index contributed by atoms with van der Waals surface area (Å²) in [6, 6.07) is 10.5. The number of nitrogens with one attached hydrogen (secondary N) is 3. The van der Waals surface area contributed by atoms with Crippen LogP contribution in [-0.4, -0.2) is 30.8 Å². The van der Waals surface area contributed by atoms with E-state index in [9.17, 15) is 18.3 Å². The standard InChI is InChI=1S/C23H29N3O4S/c1-23(2,3)19-14-16(21(27)20(25-19)18-6-5-13-24-22(18)28)10-7-15-8-11-17(12-9-15)26-31(4,29)30/h5-6,8-9,11-14,19,25-27H,7,10H2,1-4H3,(H,24,28). The molecule has 0 aliphatic carbocycles. The van der Waals surface area contributed by atoms with Gasteiger partial charge in [-0.2, -0.15) is 0 Å². The fraction of sp³-hybridized carbons (Fsp3) is 0.348. The summed E-state index contributed by atoms with van der Waals surface area (Å²) in [5.74, 6) is 0.0764. The molecular weight excluding hydrogens is 414 g/mol. The molecule has 0 saturated carbocycles. The smallest absolute Gasteiger partial charge is 0.257 e. The van der Waals surface area contributed by atoms with Crippen LogP contribution in [0.1, 0.15) is 38.3 Å². The summed E-state index contributed by atoms with van der Waals surface area (Å²) in [5.41, 5.74) is 2.74. The van der Waals surface area contributed by atoms with Gasteiger partial charge in [0, 0.05) is 11.9 Å². The molecule has 0 bridgehead atoms. The normalized spacial score (nSPS) is 17.2. The molecule has 2 heterocycles. The van der Waals surface area contributed by atoms with Crippen LogP contribution in [0.2, 0.25) is 0 Å². The summed E-state index contributed by atoms with van der Waals surface area (Å²) in [6.45, 7) is 6.30. The fourth-order valence-corrected chi connectivity index (χ4v) is 3.99. The number of dihydropyridines is 1. The van der Waals surface area contributed by atoms with Crippen molar-refractivity contribution >= 4 is 21.4 Å². The zero-order chi connectivity index (χ0) is 22.8. The molecule has 1 unspecified atom stereocenters. The van der Waals surface area contributed by atoms with E-state index in [-0.39, 0.29) is 22.8 Å². The van der Waals surface area contributed by atoms with Crippen molar-refractivity contribution in [1.82, 2.24) is 10.3 Å². The Morgan fingerprint density at radius 3 is 2.35 bits per heavy atom. The highest BCUT2D eigenvalue weighted by Gasteiger charge is 2.30. The Balaban J connectivity index is 1.86. The minimum atomic E-state index is -3.32.